The molecular formula is C22H25N3O4. The third-order valence-electron chi connectivity index (χ3n) is 4.48. The first kappa shape index (κ1) is 20.5. The summed E-state index contributed by atoms with van der Waals surface area (Å²) in [5.74, 6) is 0.862. The highest BCUT2D eigenvalue weighted by Gasteiger charge is 2.17. The zero-order chi connectivity index (χ0) is 20.8. The summed E-state index contributed by atoms with van der Waals surface area (Å²) in [5, 5.41) is 0.518. The molecule has 1 aromatic heterocycles. The van der Waals surface area contributed by atoms with Gasteiger partial charge in [0.05, 0.1) is 24.1 Å². The van der Waals surface area contributed by atoms with Gasteiger partial charge in [0.25, 0.3) is 11.5 Å². The molecule has 0 fully saturated rings. The van der Waals surface area contributed by atoms with Crippen LogP contribution in [0.5, 0.6) is 5.75 Å². The van der Waals surface area contributed by atoms with Gasteiger partial charge in [0, 0.05) is 13.7 Å². The van der Waals surface area contributed by atoms with E-state index in [9.17, 15) is 9.59 Å². The Morgan fingerprint density at radius 1 is 1.14 bits per heavy atom. The second-order valence-corrected chi connectivity index (χ2v) is 6.95. The second-order valence-electron chi connectivity index (χ2n) is 6.95. The molecule has 0 aliphatic rings. The van der Waals surface area contributed by atoms with Gasteiger partial charge in [0.15, 0.2) is 6.61 Å². The average Bonchev–Trinajstić information content (AvgIpc) is 2.68. The maximum atomic E-state index is 12.8. The molecule has 0 atom stereocenters. The first-order chi connectivity index (χ1) is 14.0. The summed E-state index contributed by atoms with van der Waals surface area (Å²) >= 11 is 0. The minimum Gasteiger partial charge on any atom is -0.484 e. The number of methoxy groups -OCH3 is 1. The number of benzene rings is 2. The number of aromatic amines is 1. The topological polar surface area (TPSA) is 84.5 Å². The van der Waals surface area contributed by atoms with Crippen molar-refractivity contribution in [3.63, 3.8) is 0 Å². The molecule has 0 bridgehead atoms. The Balaban J connectivity index is 1.74. The minimum atomic E-state index is -0.226. The third-order valence-corrected chi connectivity index (χ3v) is 4.48. The van der Waals surface area contributed by atoms with E-state index in [1.807, 2.05) is 38.1 Å². The van der Waals surface area contributed by atoms with Gasteiger partial charge in [-0.1, -0.05) is 18.2 Å². The number of rotatable bonds is 8. The lowest BCUT2D eigenvalue weighted by Gasteiger charge is -2.22. The maximum absolute atomic E-state index is 12.8. The Hall–Kier alpha value is -3.19. The Bertz CT molecular complexity index is 1040. The first-order valence-electron chi connectivity index (χ1n) is 9.42. The molecule has 0 unspecified atom stereocenters. The maximum Gasteiger partial charge on any atom is 0.260 e. The molecule has 0 aliphatic heterocycles. The Labute approximate surface area is 169 Å². The first-order valence-corrected chi connectivity index (χ1v) is 9.42. The number of carbonyl (C=O) groups is 1. The molecule has 1 amide bonds. The standard InChI is InChI=1S/C22H25N3O4/c1-15-10-16(2)12-17(11-15)29-14-21(26)25(8-9-28-3)13-20-23-19-7-5-4-6-18(19)22(27)24-20/h4-7,10-12H,8-9,13-14H2,1-3H3,(H,23,24,27). The number of para-hydroxylation sites is 1. The Morgan fingerprint density at radius 3 is 2.59 bits per heavy atom. The number of aromatic nitrogens is 2. The van der Waals surface area contributed by atoms with Gasteiger partial charge in [-0.25, -0.2) is 4.98 Å². The molecule has 1 N–H and O–H groups in total. The van der Waals surface area contributed by atoms with Gasteiger partial charge in [-0.3, -0.25) is 9.59 Å². The fourth-order valence-electron chi connectivity index (χ4n) is 3.14. The highest BCUT2D eigenvalue weighted by Crippen LogP contribution is 2.16. The van der Waals surface area contributed by atoms with Crippen LogP contribution in [0.25, 0.3) is 10.9 Å². The number of aryl methyl sites for hydroxylation is 2. The van der Waals surface area contributed by atoms with Crippen LogP contribution in [0.4, 0.5) is 0 Å². The predicted molar refractivity (Wildman–Crippen MR) is 111 cm³/mol. The number of nitrogens with zero attached hydrogens (tertiary/aromatic N) is 2. The van der Waals surface area contributed by atoms with Crippen LogP contribution in [0.15, 0.2) is 47.3 Å². The molecule has 1 heterocycles. The summed E-state index contributed by atoms with van der Waals surface area (Å²) < 4.78 is 10.8. The highest BCUT2D eigenvalue weighted by atomic mass is 16.5. The molecule has 0 aliphatic carbocycles. The van der Waals surface area contributed by atoms with E-state index in [0.717, 1.165) is 11.1 Å². The van der Waals surface area contributed by atoms with Crippen molar-refractivity contribution in [3.8, 4) is 5.75 Å². The van der Waals surface area contributed by atoms with Crippen molar-refractivity contribution >= 4 is 16.8 Å². The van der Waals surface area contributed by atoms with E-state index in [0.29, 0.717) is 35.6 Å². The van der Waals surface area contributed by atoms with Crippen LogP contribution in [0.3, 0.4) is 0 Å². The van der Waals surface area contributed by atoms with Crippen molar-refractivity contribution in [2.75, 3.05) is 26.9 Å². The summed E-state index contributed by atoms with van der Waals surface area (Å²) in [7, 11) is 1.57. The monoisotopic (exact) mass is 395 g/mol. The largest absolute Gasteiger partial charge is 0.484 e. The van der Waals surface area contributed by atoms with Crippen LogP contribution >= 0.6 is 0 Å². The van der Waals surface area contributed by atoms with Crippen LogP contribution in [0.2, 0.25) is 0 Å². The fraction of sp³-hybridized carbons (Fsp3) is 0.318. The Kier molecular flexibility index (Phi) is 6.61. The van der Waals surface area contributed by atoms with Gasteiger partial charge in [-0.2, -0.15) is 0 Å². The van der Waals surface area contributed by atoms with Gasteiger partial charge in [0.1, 0.15) is 11.6 Å². The van der Waals surface area contributed by atoms with E-state index < -0.39 is 0 Å². The quantitative estimate of drug-likeness (QED) is 0.634. The molecule has 29 heavy (non-hydrogen) atoms. The molecule has 7 nitrogen and oxygen atoms in total. The van der Waals surface area contributed by atoms with E-state index in [4.69, 9.17) is 9.47 Å². The number of hydrogen-bond donors (Lipinski definition) is 1. The lowest BCUT2D eigenvalue weighted by atomic mass is 10.1. The van der Waals surface area contributed by atoms with E-state index in [2.05, 4.69) is 9.97 Å². The molecule has 152 valence electrons. The number of H-pyrrole nitrogens is 1. The van der Waals surface area contributed by atoms with Crippen LogP contribution in [0.1, 0.15) is 17.0 Å². The number of carbonyl (C=O) groups excluding carboxylic acids is 1. The second kappa shape index (κ2) is 9.34. The molecule has 0 radical (unpaired) electrons. The van der Waals surface area contributed by atoms with E-state index in [1.54, 1.807) is 30.2 Å². The van der Waals surface area contributed by atoms with Crippen molar-refractivity contribution in [3.05, 3.63) is 69.8 Å². The average molecular weight is 395 g/mol. The number of hydrogen-bond acceptors (Lipinski definition) is 5. The summed E-state index contributed by atoms with van der Waals surface area (Å²) in [6.07, 6.45) is 0. The van der Waals surface area contributed by atoms with Crippen molar-refractivity contribution in [1.82, 2.24) is 14.9 Å². The third kappa shape index (κ3) is 5.42. The van der Waals surface area contributed by atoms with Crippen molar-refractivity contribution in [2.45, 2.75) is 20.4 Å². The number of fused-ring (bicyclic) bond motifs is 1. The summed E-state index contributed by atoms with van der Waals surface area (Å²) in [5.41, 5.74) is 2.51. The van der Waals surface area contributed by atoms with Crippen LogP contribution in [-0.4, -0.2) is 47.6 Å². The minimum absolute atomic E-state index is 0.107. The summed E-state index contributed by atoms with van der Waals surface area (Å²) in [6.45, 7) is 4.75. The van der Waals surface area contributed by atoms with Gasteiger partial charge in [-0.05, 0) is 49.2 Å². The van der Waals surface area contributed by atoms with Crippen molar-refractivity contribution in [1.29, 1.82) is 0 Å². The van der Waals surface area contributed by atoms with E-state index in [1.165, 1.54) is 0 Å². The lowest BCUT2D eigenvalue weighted by molar-refractivity contribution is -0.134. The van der Waals surface area contributed by atoms with Crippen molar-refractivity contribution in [2.24, 2.45) is 0 Å². The normalized spacial score (nSPS) is 10.9. The smallest absolute Gasteiger partial charge is 0.260 e. The molecule has 3 aromatic rings. The highest BCUT2D eigenvalue weighted by molar-refractivity contribution is 5.78. The molecule has 7 heteroatoms. The number of ether oxygens (including phenoxy) is 2. The van der Waals surface area contributed by atoms with Crippen LogP contribution in [0, 0.1) is 13.8 Å². The molecule has 0 saturated carbocycles. The van der Waals surface area contributed by atoms with Gasteiger partial charge in [0.2, 0.25) is 0 Å². The summed E-state index contributed by atoms with van der Waals surface area (Å²) in [6, 6.07) is 12.9. The SMILES string of the molecule is COCCN(Cc1nc2ccccc2c(=O)[nH]1)C(=O)COc1cc(C)cc(C)c1. The van der Waals surface area contributed by atoms with Crippen LogP contribution < -0.4 is 10.3 Å². The van der Waals surface area contributed by atoms with Crippen molar-refractivity contribution < 1.29 is 14.3 Å². The predicted octanol–water partition coefficient (Wildman–Crippen LogP) is 2.59. The van der Waals surface area contributed by atoms with Gasteiger partial charge >= 0.3 is 0 Å². The molecular weight excluding hydrogens is 370 g/mol. The van der Waals surface area contributed by atoms with Crippen LogP contribution in [-0.2, 0) is 16.1 Å². The fourth-order valence-corrected chi connectivity index (χ4v) is 3.14. The summed E-state index contributed by atoms with van der Waals surface area (Å²) in [4.78, 5) is 33.9. The van der Waals surface area contributed by atoms with Gasteiger partial charge < -0.3 is 19.4 Å². The molecule has 2 aromatic carbocycles. The number of amides is 1. The lowest BCUT2D eigenvalue weighted by Crippen LogP contribution is -2.37. The van der Waals surface area contributed by atoms with E-state index in [-0.39, 0.29) is 24.6 Å². The Morgan fingerprint density at radius 2 is 1.86 bits per heavy atom. The molecule has 3 rings (SSSR count). The van der Waals surface area contributed by atoms with E-state index >= 15 is 0 Å². The number of nitrogens with one attached hydrogen (secondary N) is 1. The van der Waals surface area contributed by atoms with Gasteiger partial charge in [-0.15, -0.1) is 0 Å². The zero-order valence-corrected chi connectivity index (χ0v) is 16.9. The molecule has 0 saturated heterocycles. The zero-order valence-electron chi connectivity index (χ0n) is 16.9. The molecule has 0 spiro atoms.